The fourth-order valence-electron chi connectivity index (χ4n) is 5.01. The average molecular weight is 516 g/mol. The number of hydrogen-bond donors (Lipinski definition) is 1. The van der Waals surface area contributed by atoms with Crippen LogP contribution in [0.4, 0.5) is 23.4 Å². The minimum Gasteiger partial charge on any atom is -0.388 e. The first-order valence-corrected chi connectivity index (χ1v) is 11.8. The summed E-state index contributed by atoms with van der Waals surface area (Å²) in [5.74, 6) is -1.72. The van der Waals surface area contributed by atoms with E-state index in [1.54, 1.807) is 23.4 Å². The monoisotopic (exact) mass is 516 g/mol. The van der Waals surface area contributed by atoms with E-state index in [1.807, 2.05) is 13.0 Å². The number of ether oxygens (including phenoxy) is 1. The lowest BCUT2D eigenvalue weighted by molar-refractivity contribution is -0.276. The van der Waals surface area contributed by atoms with Crippen LogP contribution < -0.4 is 10.1 Å². The van der Waals surface area contributed by atoms with E-state index in [2.05, 4.69) is 25.0 Å². The molecule has 0 aliphatic carbocycles. The molecular formula is C25H24F4N6O2. The van der Waals surface area contributed by atoms with E-state index in [4.69, 9.17) is 4.98 Å². The summed E-state index contributed by atoms with van der Waals surface area (Å²) in [4.78, 5) is 31.6. The topological polar surface area (TPSA) is 93.1 Å². The van der Waals surface area contributed by atoms with Gasteiger partial charge in [0.05, 0.1) is 23.3 Å². The van der Waals surface area contributed by atoms with Crippen molar-refractivity contribution in [2.75, 3.05) is 18.4 Å². The molecule has 1 N–H and O–H groups in total. The Kier molecular flexibility index (Phi) is 6.20. The molecule has 2 aliphatic heterocycles. The SMILES string of the molecule is Cc1nc2c(cc1-c1ncccn1)CC[C@@]1(CCN(C(=O)[C@@H](C)c3cc(OC(F)(F)F)ncc3F)C1)N2. The number of anilines is 1. The largest absolute Gasteiger partial charge is 0.574 e. The Morgan fingerprint density at radius 1 is 1.19 bits per heavy atom. The molecule has 1 spiro atoms. The predicted molar refractivity (Wildman–Crippen MR) is 125 cm³/mol. The fourth-order valence-corrected chi connectivity index (χ4v) is 5.01. The third kappa shape index (κ3) is 5.05. The maximum absolute atomic E-state index is 14.4. The van der Waals surface area contributed by atoms with Crippen LogP contribution in [0.15, 0.2) is 36.8 Å². The Morgan fingerprint density at radius 3 is 2.68 bits per heavy atom. The number of aryl methyl sites for hydroxylation is 2. The molecule has 3 aromatic rings. The molecule has 8 nitrogen and oxygen atoms in total. The summed E-state index contributed by atoms with van der Waals surface area (Å²) in [7, 11) is 0. The highest BCUT2D eigenvalue weighted by Crippen LogP contribution is 2.39. The van der Waals surface area contributed by atoms with E-state index >= 15 is 0 Å². The van der Waals surface area contributed by atoms with E-state index in [0.29, 0.717) is 31.5 Å². The molecule has 2 aliphatic rings. The molecule has 0 bridgehead atoms. The van der Waals surface area contributed by atoms with Crippen molar-refractivity contribution in [2.45, 2.75) is 50.9 Å². The number of rotatable bonds is 4. The lowest BCUT2D eigenvalue weighted by Crippen LogP contribution is -2.46. The first-order chi connectivity index (χ1) is 17.5. The summed E-state index contributed by atoms with van der Waals surface area (Å²) >= 11 is 0. The zero-order valence-corrected chi connectivity index (χ0v) is 20.1. The number of hydrogen-bond acceptors (Lipinski definition) is 7. The molecule has 2 atom stereocenters. The lowest BCUT2D eigenvalue weighted by Gasteiger charge is -2.36. The van der Waals surface area contributed by atoms with E-state index in [0.717, 1.165) is 41.5 Å². The van der Waals surface area contributed by atoms with E-state index in [1.165, 1.54) is 6.92 Å². The van der Waals surface area contributed by atoms with Crippen molar-refractivity contribution in [3.8, 4) is 17.3 Å². The van der Waals surface area contributed by atoms with Crippen LogP contribution in [0.3, 0.4) is 0 Å². The number of carbonyl (C=O) groups excluding carboxylic acids is 1. The standard InChI is InChI=1S/C25H24F4N6O2/c1-14(17-11-20(32-12-19(17)26)37-25(27,28)29)23(36)35-9-6-24(13-35)5-4-16-10-18(15(2)33-21(16)34-24)22-30-7-3-8-31-22/h3,7-8,10-12,14H,4-6,9,13H2,1-2H3,(H,33,34)/t14-,24-/m0/s1. The fraction of sp³-hybridized carbons (Fsp3) is 0.400. The van der Waals surface area contributed by atoms with Gasteiger partial charge < -0.3 is 15.0 Å². The molecule has 5 rings (SSSR count). The molecule has 194 valence electrons. The molecule has 1 saturated heterocycles. The van der Waals surface area contributed by atoms with Crippen molar-refractivity contribution in [2.24, 2.45) is 0 Å². The predicted octanol–water partition coefficient (Wildman–Crippen LogP) is 4.41. The summed E-state index contributed by atoms with van der Waals surface area (Å²) in [6.07, 6.45) is 1.18. The van der Waals surface area contributed by atoms with Gasteiger partial charge in [-0.2, -0.15) is 0 Å². The summed E-state index contributed by atoms with van der Waals surface area (Å²) < 4.78 is 55.9. The van der Waals surface area contributed by atoms with Gasteiger partial charge in [0.25, 0.3) is 0 Å². The van der Waals surface area contributed by atoms with Gasteiger partial charge >= 0.3 is 6.36 Å². The summed E-state index contributed by atoms with van der Waals surface area (Å²) in [6.45, 7) is 4.16. The summed E-state index contributed by atoms with van der Waals surface area (Å²) in [5.41, 5.74) is 2.08. The maximum Gasteiger partial charge on any atom is 0.574 e. The minimum atomic E-state index is -4.97. The van der Waals surface area contributed by atoms with E-state index in [9.17, 15) is 22.4 Å². The number of halogens is 4. The molecule has 0 aromatic carbocycles. The number of nitrogens with zero attached hydrogens (tertiary/aromatic N) is 5. The first kappa shape index (κ1) is 24.8. The molecular weight excluding hydrogens is 492 g/mol. The first-order valence-electron chi connectivity index (χ1n) is 11.8. The van der Waals surface area contributed by atoms with E-state index in [-0.39, 0.29) is 11.5 Å². The number of alkyl halides is 3. The van der Waals surface area contributed by atoms with Gasteiger partial charge in [-0.3, -0.25) is 4.79 Å². The van der Waals surface area contributed by atoms with E-state index < -0.39 is 29.5 Å². The average Bonchev–Trinajstić information content (AvgIpc) is 3.26. The van der Waals surface area contributed by atoms with Crippen LogP contribution in [-0.2, 0) is 11.2 Å². The number of nitrogens with one attached hydrogen (secondary N) is 1. The van der Waals surface area contributed by atoms with Crippen LogP contribution in [0.25, 0.3) is 11.4 Å². The second-order valence-electron chi connectivity index (χ2n) is 9.43. The Bertz CT molecular complexity index is 1340. The Labute approximate surface area is 210 Å². The van der Waals surface area contributed by atoms with Crippen molar-refractivity contribution in [1.82, 2.24) is 24.8 Å². The smallest absolute Gasteiger partial charge is 0.388 e. The second kappa shape index (κ2) is 9.24. The quantitative estimate of drug-likeness (QED) is 0.514. The van der Waals surface area contributed by atoms with Crippen LogP contribution >= 0.6 is 0 Å². The molecule has 12 heteroatoms. The van der Waals surface area contributed by atoms with Gasteiger partial charge in [0, 0.05) is 42.7 Å². The Hall–Kier alpha value is -3.83. The number of pyridine rings is 2. The van der Waals surface area contributed by atoms with Crippen LogP contribution in [0.2, 0.25) is 0 Å². The highest BCUT2D eigenvalue weighted by Gasteiger charge is 2.43. The Balaban J connectivity index is 1.31. The molecule has 3 aromatic heterocycles. The van der Waals surface area contributed by atoms with Crippen molar-refractivity contribution in [3.63, 3.8) is 0 Å². The van der Waals surface area contributed by atoms with Gasteiger partial charge in [-0.25, -0.2) is 24.3 Å². The molecule has 5 heterocycles. The summed E-state index contributed by atoms with van der Waals surface area (Å²) in [5, 5.41) is 3.53. The lowest BCUT2D eigenvalue weighted by atomic mass is 9.86. The molecule has 0 unspecified atom stereocenters. The van der Waals surface area contributed by atoms with Crippen molar-refractivity contribution >= 4 is 11.7 Å². The highest BCUT2D eigenvalue weighted by molar-refractivity contribution is 5.84. The number of amides is 1. The molecule has 1 fully saturated rings. The molecule has 0 radical (unpaired) electrons. The minimum absolute atomic E-state index is 0.199. The third-order valence-corrected chi connectivity index (χ3v) is 6.94. The van der Waals surface area contributed by atoms with Gasteiger partial charge in [-0.05, 0) is 50.8 Å². The summed E-state index contributed by atoms with van der Waals surface area (Å²) in [6, 6.07) is 4.62. The number of aromatic nitrogens is 4. The second-order valence-corrected chi connectivity index (χ2v) is 9.43. The normalized spacial score (nSPS) is 19.9. The van der Waals surface area contributed by atoms with Crippen molar-refractivity contribution in [3.05, 3.63) is 59.4 Å². The number of likely N-dealkylation sites (tertiary alicyclic amines) is 1. The molecule has 37 heavy (non-hydrogen) atoms. The maximum atomic E-state index is 14.4. The molecule has 1 amide bonds. The van der Waals surface area contributed by atoms with Crippen LogP contribution in [-0.4, -0.2) is 55.7 Å². The number of carbonyl (C=O) groups is 1. The Morgan fingerprint density at radius 2 is 1.95 bits per heavy atom. The van der Waals surface area contributed by atoms with Gasteiger partial charge in [-0.1, -0.05) is 0 Å². The zero-order valence-electron chi connectivity index (χ0n) is 20.1. The third-order valence-electron chi connectivity index (χ3n) is 6.94. The van der Waals surface area contributed by atoms with Crippen LogP contribution in [0.1, 0.15) is 42.5 Å². The van der Waals surface area contributed by atoms with Gasteiger partial charge in [0.1, 0.15) is 11.6 Å². The van der Waals surface area contributed by atoms with Gasteiger partial charge in [-0.15, -0.1) is 13.2 Å². The van der Waals surface area contributed by atoms with Crippen LogP contribution in [0.5, 0.6) is 5.88 Å². The molecule has 0 saturated carbocycles. The zero-order chi connectivity index (χ0) is 26.4. The van der Waals surface area contributed by atoms with Crippen molar-refractivity contribution < 1.29 is 27.1 Å². The van der Waals surface area contributed by atoms with Crippen molar-refractivity contribution in [1.29, 1.82) is 0 Å². The van der Waals surface area contributed by atoms with Crippen LogP contribution in [0, 0.1) is 12.7 Å². The van der Waals surface area contributed by atoms with Gasteiger partial charge in [0.15, 0.2) is 5.82 Å². The number of fused-ring (bicyclic) bond motifs is 1. The van der Waals surface area contributed by atoms with Gasteiger partial charge in [0.2, 0.25) is 11.8 Å². The highest BCUT2D eigenvalue weighted by atomic mass is 19.4.